The zero-order valence-electron chi connectivity index (χ0n) is 14.9. The number of hydrogen-bond donors (Lipinski definition) is 0. The lowest BCUT2D eigenvalue weighted by atomic mass is 10.1. The lowest BCUT2D eigenvalue weighted by molar-refractivity contribution is 0.0623. The van der Waals surface area contributed by atoms with Crippen LogP contribution in [0.2, 0.25) is 0 Å². The van der Waals surface area contributed by atoms with Crippen molar-refractivity contribution < 1.29 is 13.2 Å². The highest BCUT2D eigenvalue weighted by Crippen LogP contribution is 2.16. The standard InChI is InChI=1S/C17H27N3O3S/c1-14(2)13-19-9-11-20(12-10-19)17(21)15-5-7-16(8-6-15)24(22,23)18(3)4/h5-8,14H,9-13H2,1-4H3. The monoisotopic (exact) mass is 353 g/mol. The molecule has 7 heteroatoms. The highest BCUT2D eigenvalue weighted by atomic mass is 32.2. The van der Waals surface area contributed by atoms with Crippen LogP contribution in [0.5, 0.6) is 0 Å². The Labute approximate surface area is 145 Å². The topological polar surface area (TPSA) is 60.9 Å². The lowest BCUT2D eigenvalue weighted by Crippen LogP contribution is -2.49. The molecule has 0 spiro atoms. The summed E-state index contributed by atoms with van der Waals surface area (Å²) in [5.41, 5.74) is 0.532. The van der Waals surface area contributed by atoms with Gasteiger partial charge in [-0.2, -0.15) is 0 Å². The van der Waals surface area contributed by atoms with Gasteiger partial charge in [-0.1, -0.05) is 13.8 Å². The highest BCUT2D eigenvalue weighted by molar-refractivity contribution is 7.89. The maximum Gasteiger partial charge on any atom is 0.253 e. The molecule has 24 heavy (non-hydrogen) atoms. The number of nitrogens with zero attached hydrogens (tertiary/aromatic N) is 3. The first-order valence-electron chi connectivity index (χ1n) is 8.26. The van der Waals surface area contributed by atoms with Crippen molar-refractivity contribution >= 4 is 15.9 Å². The van der Waals surface area contributed by atoms with Crippen molar-refractivity contribution in [2.75, 3.05) is 46.8 Å². The fourth-order valence-corrected chi connectivity index (χ4v) is 3.71. The van der Waals surface area contributed by atoms with Gasteiger partial charge in [-0.25, -0.2) is 12.7 Å². The third-order valence-corrected chi connectivity index (χ3v) is 5.99. The molecule has 1 aliphatic heterocycles. The van der Waals surface area contributed by atoms with Crippen LogP contribution in [0.15, 0.2) is 29.2 Å². The van der Waals surface area contributed by atoms with Crippen LogP contribution in [-0.2, 0) is 10.0 Å². The van der Waals surface area contributed by atoms with Crippen molar-refractivity contribution in [2.24, 2.45) is 5.92 Å². The largest absolute Gasteiger partial charge is 0.336 e. The van der Waals surface area contributed by atoms with E-state index in [1.54, 1.807) is 12.1 Å². The van der Waals surface area contributed by atoms with Crippen LogP contribution in [0.4, 0.5) is 0 Å². The summed E-state index contributed by atoms with van der Waals surface area (Å²) in [6.07, 6.45) is 0. The van der Waals surface area contributed by atoms with Crippen molar-refractivity contribution in [3.05, 3.63) is 29.8 Å². The van der Waals surface area contributed by atoms with Crippen LogP contribution in [0, 0.1) is 5.92 Å². The van der Waals surface area contributed by atoms with E-state index in [2.05, 4.69) is 18.7 Å². The van der Waals surface area contributed by atoms with Crippen molar-refractivity contribution in [1.29, 1.82) is 0 Å². The summed E-state index contributed by atoms with van der Waals surface area (Å²) in [6, 6.07) is 6.19. The minimum absolute atomic E-state index is 0.0343. The van der Waals surface area contributed by atoms with Crippen LogP contribution < -0.4 is 0 Å². The predicted molar refractivity (Wildman–Crippen MR) is 94.5 cm³/mol. The maximum absolute atomic E-state index is 12.6. The second-order valence-corrected chi connectivity index (χ2v) is 8.95. The minimum Gasteiger partial charge on any atom is -0.336 e. The van der Waals surface area contributed by atoms with E-state index in [9.17, 15) is 13.2 Å². The molecule has 134 valence electrons. The van der Waals surface area contributed by atoms with Crippen LogP contribution in [0.1, 0.15) is 24.2 Å². The van der Waals surface area contributed by atoms with E-state index < -0.39 is 10.0 Å². The predicted octanol–water partition coefficient (Wildman–Crippen LogP) is 1.35. The third-order valence-electron chi connectivity index (χ3n) is 4.16. The summed E-state index contributed by atoms with van der Waals surface area (Å²) in [5.74, 6) is 0.589. The van der Waals surface area contributed by atoms with E-state index in [1.807, 2.05) is 4.90 Å². The summed E-state index contributed by atoms with van der Waals surface area (Å²) in [7, 11) is -0.479. The molecule has 1 aliphatic rings. The van der Waals surface area contributed by atoms with Gasteiger partial charge in [-0.15, -0.1) is 0 Å². The molecule has 0 radical (unpaired) electrons. The molecular weight excluding hydrogens is 326 g/mol. The molecular formula is C17H27N3O3S. The molecule has 0 aliphatic carbocycles. The molecule has 1 saturated heterocycles. The fourth-order valence-electron chi connectivity index (χ4n) is 2.81. The Bertz CT molecular complexity index is 661. The highest BCUT2D eigenvalue weighted by Gasteiger charge is 2.23. The molecule has 1 heterocycles. The van der Waals surface area contributed by atoms with E-state index in [0.717, 1.165) is 23.9 Å². The second-order valence-electron chi connectivity index (χ2n) is 6.80. The molecule has 0 atom stereocenters. The Hall–Kier alpha value is -1.44. The Morgan fingerprint density at radius 1 is 1.08 bits per heavy atom. The smallest absolute Gasteiger partial charge is 0.253 e. The van der Waals surface area contributed by atoms with Gasteiger partial charge < -0.3 is 4.90 Å². The van der Waals surface area contributed by atoms with Crippen molar-refractivity contribution in [1.82, 2.24) is 14.1 Å². The van der Waals surface area contributed by atoms with E-state index in [0.29, 0.717) is 24.6 Å². The molecule has 0 bridgehead atoms. The van der Waals surface area contributed by atoms with E-state index in [4.69, 9.17) is 0 Å². The molecule has 1 aromatic rings. The number of piperazine rings is 1. The molecule has 0 saturated carbocycles. The van der Waals surface area contributed by atoms with Gasteiger partial charge in [-0.3, -0.25) is 9.69 Å². The summed E-state index contributed by atoms with van der Waals surface area (Å²) < 4.78 is 25.3. The molecule has 1 aromatic carbocycles. The van der Waals surface area contributed by atoms with Gasteiger partial charge in [0.15, 0.2) is 0 Å². The number of carbonyl (C=O) groups is 1. The Morgan fingerprint density at radius 3 is 2.08 bits per heavy atom. The number of hydrogen-bond acceptors (Lipinski definition) is 4. The van der Waals surface area contributed by atoms with Gasteiger partial charge in [0.25, 0.3) is 5.91 Å². The van der Waals surface area contributed by atoms with Crippen molar-refractivity contribution in [3.63, 3.8) is 0 Å². The van der Waals surface area contributed by atoms with Crippen LogP contribution in [0.3, 0.4) is 0 Å². The quantitative estimate of drug-likeness (QED) is 0.802. The van der Waals surface area contributed by atoms with Gasteiger partial charge in [0.1, 0.15) is 0 Å². The minimum atomic E-state index is -3.46. The number of sulfonamides is 1. The molecule has 0 aromatic heterocycles. The fraction of sp³-hybridized carbons (Fsp3) is 0.588. The van der Waals surface area contributed by atoms with E-state index in [1.165, 1.54) is 26.2 Å². The van der Waals surface area contributed by atoms with Gasteiger partial charge in [-0.05, 0) is 30.2 Å². The summed E-state index contributed by atoms with van der Waals surface area (Å²) in [5, 5.41) is 0. The average Bonchev–Trinajstić information content (AvgIpc) is 2.54. The van der Waals surface area contributed by atoms with Crippen LogP contribution >= 0.6 is 0 Å². The van der Waals surface area contributed by atoms with Gasteiger partial charge in [0.2, 0.25) is 10.0 Å². The zero-order valence-corrected chi connectivity index (χ0v) is 15.7. The first kappa shape index (κ1) is 18.9. The first-order chi connectivity index (χ1) is 11.2. The molecule has 1 fully saturated rings. The normalized spacial score (nSPS) is 16.8. The summed E-state index contributed by atoms with van der Waals surface area (Å²) >= 11 is 0. The van der Waals surface area contributed by atoms with Gasteiger partial charge in [0.05, 0.1) is 4.90 Å². The SMILES string of the molecule is CC(C)CN1CCN(C(=O)c2ccc(S(=O)(=O)N(C)C)cc2)CC1. The molecule has 1 amide bonds. The summed E-state index contributed by atoms with van der Waals surface area (Å²) in [6.45, 7) is 8.64. The molecule has 2 rings (SSSR count). The maximum atomic E-state index is 12.6. The van der Waals surface area contributed by atoms with E-state index >= 15 is 0 Å². The Kier molecular flexibility index (Phi) is 6.01. The Morgan fingerprint density at radius 2 is 1.62 bits per heavy atom. The number of rotatable bonds is 5. The van der Waals surface area contributed by atoms with Gasteiger partial charge >= 0.3 is 0 Å². The average molecular weight is 353 g/mol. The van der Waals surface area contributed by atoms with Crippen LogP contribution in [0.25, 0.3) is 0 Å². The van der Waals surface area contributed by atoms with Crippen molar-refractivity contribution in [3.8, 4) is 0 Å². The number of amides is 1. The molecule has 6 nitrogen and oxygen atoms in total. The van der Waals surface area contributed by atoms with Crippen LogP contribution in [-0.4, -0.2) is 75.2 Å². The van der Waals surface area contributed by atoms with Gasteiger partial charge in [0, 0.05) is 52.4 Å². The second kappa shape index (κ2) is 7.63. The van der Waals surface area contributed by atoms with Crippen molar-refractivity contribution in [2.45, 2.75) is 18.7 Å². The van der Waals surface area contributed by atoms with E-state index in [-0.39, 0.29) is 10.8 Å². The lowest BCUT2D eigenvalue weighted by Gasteiger charge is -2.35. The Balaban J connectivity index is 2.01. The number of benzene rings is 1. The zero-order chi connectivity index (χ0) is 17.9. The first-order valence-corrected chi connectivity index (χ1v) is 9.70. The summed E-state index contributed by atoms with van der Waals surface area (Å²) in [4.78, 5) is 17.0. The third kappa shape index (κ3) is 4.34. The molecule has 0 unspecified atom stereocenters. The molecule has 0 N–H and O–H groups in total. The number of carbonyl (C=O) groups excluding carboxylic acids is 1.